The third-order valence-corrected chi connectivity index (χ3v) is 3.50. The summed E-state index contributed by atoms with van der Waals surface area (Å²) in [6.45, 7) is 2.34. The number of carbonyl (C=O) groups is 1. The van der Waals surface area contributed by atoms with Gasteiger partial charge in [0.2, 0.25) is 5.91 Å². The van der Waals surface area contributed by atoms with Crippen LogP contribution in [0, 0.1) is 5.92 Å². The molecule has 6 heteroatoms. The first-order valence-corrected chi connectivity index (χ1v) is 6.84. The first-order chi connectivity index (χ1) is 8.65. The average molecular weight is 324 g/mol. The molecule has 19 heavy (non-hydrogen) atoms. The highest BCUT2D eigenvalue weighted by atomic mass is 35.5. The molecule has 1 atom stereocenters. The summed E-state index contributed by atoms with van der Waals surface area (Å²) < 4.78 is 0. The molecule has 1 heterocycles. The first-order valence-electron chi connectivity index (χ1n) is 6.08. The maximum absolute atomic E-state index is 11.8. The molecule has 1 aliphatic rings. The Bertz CT molecular complexity index is 414. The summed E-state index contributed by atoms with van der Waals surface area (Å²) in [5.74, 6) is 0.251. The van der Waals surface area contributed by atoms with Crippen molar-refractivity contribution in [3.05, 3.63) is 33.8 Å². The van der Waals surface area contributed by atoms with Crippen LogP contribution < -0.4 is 10.6 Å². The van der Waals surface area contributed by atoms with E-state index in [0.717, 1.165) is 31.5 Å². The monoisotopic (exact) mass is 322 g/mol. The van der Waals surface area contributed by atoms with Crippen molar-refractivity contribution >= 4 is 41.5 Å². The number of benzene rings is 1. The predicted octanol–water partition coefficient (Wildman–Crippen LogP) is 2.68. The Morgan fingerprint density at radius 2 is 2.00 bits per heavy atom. The molecule has 0 saturated carbocycles. The summed E-state index contributed by atoms with van der Waals surface area (Å²) in [7, 11) is 0. The Hall–Kier alpha value is -0.480. The molecule has 0 spiro atoms. The second kappa shape index (κ2) is 7.95. The van der Waals surface area contributed by atoms with Crippen molar-refractivity contribution in [2.24, 2.45) is 5.92 Å². The van der Waals surface area contributed by atoms with Gasteiger partial charge >= 0.3 is 0 Å². The fourth-order valence-corrected chi connectivity index (χ4v) is 2.68. The van der Waals surface area contributed by atoms with E-state index in [2.05, 4.69) is 10.6 Å². The molecular weight excluding hydrogens is 307 g/mol. The molecule has 1 amide bonds. The highest BCUT2D eigenvalue weighted by Gasteiger charge is 2.21. The van der Waals surface area contributed by atoms with Crippen LogP contribution in [0.1, 0.15) is 12.0 Å². The van der Waals surface area contributed by atoms with Crippen molar-refractivity contribution < 1.29 is 4.79 Å². The van der Waals surface area contributed by atoms with Crippen LogP contribution in [0.3, 0.4) is 0 Å². The SMILES string of the molecule is Cl.O=C(NCCc1cc(Cl)cc(Cl)c1)C1CCNC1. The van der Waals surface area contributed by atoms with E-state index in [1.165, 1.54) is 0 Å². The highest BCUT2D eigenvalue weighted by Crippen LogP contribution is 2.19. The van der Waals surface area contributed by atoms with E-state index in [4.69, 9.17) is 23.2 Å². The summed E-state index contributed by atoms with van der Waals surface area (Å²) >= 11 is 11.8. The number of carbonyl (C=O) groups excluding carboxylic acids is 1. The minimum absolute atomic E-state index is 0. The maximum atomic E-state index is 11.8. The lowest BCUT2D eigenvalue weighted by atomic mass is 10.1. The van der Waals surface area contributed by atoms with Crippen LogP contribution in [-0.2, 0) is 11.2 Å². The van der Waals surface area contributed by atoms with Gasteiger partial charge in [0.05, 0.1) is 5.92 Å². The minimum atomic E-state index is 0. The van der Waals surface area contributed by atoms with Gasteiger partial charge in [0, 0.05) is 23.1 Å². The van der Waals surface area contributed by atoms with E-state index in [1.807, 2.05) is 12.1 Å². The van der Waals surface area contributed by atoms with Crippen LogP contribution in [0.2, 0.25) is 10.0 Å². The zero-order valence-corrected chi connectivity index (χ0v) is 12.7. The molecular formula is C13H17Cl3N2O. The minimum Gasteiger partial charge on any atom is -0.355 e. The summed E-state index contributed by atoms with van der Waals surface area (Å²) in [6, 6.07) is 5.45. The third kappa shape index (κ3) is 5.19. The van der Waals surface area contributed by atoms with Crippen molar-refractivity contribution in [3.63, 3.8) is 0 Å². The van der Waals surface area contributed by atoms with E-state index in [-0.39, 0.29) is 24.2 Å². The molecule has 2 rings (SSSR count). The summed E-state index contributed by atoms with van der Waals surface area (Å²) in [4.78, 5) is 11.8. The van der Waals surface area contributed by atoms with Crippen molar-refractivity contribution in [1.29, 1.82) is 0 Å². The molecule has 0 bridgehead atoms. The molecule has 1 unspecified atom stereocenters. The molecule has 1 aliphatic heterocycles. The molecule has 0 aromatic heterocycles. The van der Waals surface area contributed by atoms with E-state index < -0.39 is 0 Å². The molecule has 3 nitrogen and oxygen atoms in total. The molecule has 1 fully saturated rings. The molecule has 2 N–H and O–H groups in total. The Morgan fingerprint density at radius 1 is 1.32 bits per heavy atom. The van der Waals surface area contributed by atoms with Gasteiger partial charge in [-0.25, -0.2) is 0 Å². The predicted molar refractivity (Wildman–Crippen MR) is 81.4 cm³/mol. The fourth-order valence-electron chi connectivity index (χ4n) is 2.11. The normalized spacial score (nSPS) is 17.9. The Morgan fingerprint density at radius 3 is 2.58 bits per heavy atom. The zero-order chi connectivity index (χ0) is 13.0. The second-order valence-corrected chi connectivity index (χ2v) is 5.38. The van der Waals surface area contributed by atoms with Crippen LogP contribution in [0.5, 0.6) is 0 Å². The smallest absolute Gasteiger partial charge is 0.224 e. The average Bonchev–Trinajstić information content (AvgIpc) is 2.80. The lowest BCUT2D eigenvalue weighted by Gasteiger charge is -2.10. The van der Waals surface area contributed by atoms with E-state index in [9.17, 15) is 4.79 Å². The molecule has 1 aromatic rings. The fraction of sp³-hybridized carbons (Fsp3) is 0.462. The number of rotatable bonds is 4. The van der Waals surface area contributed by atoms with Gasteiger partial charge in [0.15, 0.2) is 0 Å². The van der Waals surface area contributed by atoms with Gasteiger partial charge in [-0.05, 0) is 43.1 Å². The number of halogens is 3. The van der Waals surface area contributed by atoms with Gasteiger partial charge in [0.25, 0.3) is 0 Å². The van der Waals surface area contributed by atoms with Gasteiger partial charge in [-0.15, -0.1) is 12.4 Å². The first kappa shape index (κ1) is 16.6. The van der Waals surface area contributed by atoms with Crippen LogP contribution in [0.15, 0.2) is 18.2 Å². The van der Waals surface area contributed by atoms with Crippen molar-refractivity contribution in [3.8, 4) is 0 Å². The Labute approximate surface area is 129 Å². The molecule has 0 radical (unpaired) electrons. The van der Waals surface area contributed by atoms with Crippen molar-refractivity contribution in [2.45, 2.75) is 12.8 Å². The van der Waals surface area contributed by atoms with Gasteiger partial charge in [-0.3, -0.25) is 4.79 Å². The molecule has 0 aliphatic carbocycles. The number of hydrogen-bond donors (Lipinski definition) is 2. The maximum Gasteiger partial charge on any atom is 0.224 e. The number of amides is 1. The van der Waals surface area contributed by atoms with Gasteiger partial charge in [-0.1, -0.05) is 23.2 Å². The molecule has 1 saturated heterocycles. The summed E-state index contributed by atoms with van der Waals surface area (Å²) in [5, 5.41) is 7.38. The second-order valence-electron chi connectivity index (χ2n) is 4.51. The van der Waals surface area contributed by atoms with Gasteiger partial charge in [-0.2, -0.15) is 0 Å². The van der Waals surface area contributed by atoms with Crippen molar-refractivity contribution in [2.75, 3.05) is 19.6 Å². The van der Waals surface area contributed by atoms with E-state index in [1.54, 1.807) is 6.07 Å². The van der Waals surface area contributed by atoms with Crippen LogP contribution >= 0.6 is 35.6 Å². The summed E-state index contributed by atoms with van der Waals surface area (Å²) in [5.41, 5.74) is 1.04. The summed E-state index contributed by atoms with van der Waals surface area (Å²) in [6.07, 6.45) is 1.67. The lowest BCUT2D eigenvalue weighted by molar-refractivity contribution is -0.124. The third-order valence-electron chi connectivity index (χ3n) is 3.07. The van der Waals surface area contributed by atoms with Crippen LogP contribution in [-0.4, -0.2) is 25.5 Å². The Kier molecular flexibility index (Phi) is 6.94. The van der Waals surface area contributed by atoms with E-state index >= 15 is 0 Å². The molecule has 106 valence electrons. The standard InChI is InChI=1S/C13H16Cl2N2O.ClH/c14-11-5-9(6-12(15)7-11)1-4-17-13(18)10-2-3-16-8-10;/h5-7,10,16H,1-4,8H2,(H,17,18);1H. The number of hydrogen-bond acceptors (Lipinski definition) is 2. The van der Waals surface area contributed by atoms with Gasteiger partial charge < -0.3 is 10.6 Å². The quantitative estimate of drug-likeness (QED) is 0.894. The topological polar surface area (TPSA) is 41.1 Å². The van der Waals surface area contributed by atoms with Crippen LogP contribution in [0.25, 0.3) is 0 Å². The van der Waals surface area contributed by atoms with Crippen molar-refractivity contribution in [1.82, 2.24) is 10.6 Å². The van der Waals surface area contributed by atoms with E-state index in [0.29, 0.717) is 16.6 Å². The zero-order valence-electron chi connectivity index (χ0n) is 10.4. The van der Waals surface area contributed by atoms with Crippen LogP contribution in [0.4, 0.5) is 0 Å². The lowest BCUT2D eigenvalue weighted by Crippen LogP contribution is -2.33. The largest absolute Gasteiger partial charge is 0.355 e. The highest BCUT2D eigenvalue weighted by molar-refractivity contribution is 6.34. The van der Waals surface area contributed by atoms with Gasteiger partial charge in [0.1, 0.15) is 0 Å². The number of nitrogens with one attached hydrogen (secondary N) is 2. The Balaban J connectivity index is 0.00000180. The molecule has 1 aromatic carbocycles.